The Balaban J connectivity index is 1.20. The molecule has 11 rings (SSSR count). The van der Waals surface area contributed by atoms with E-state index in [-0.39, 0.29) is 0 Å². The Bertz CT molecular complexity index is 3130. The third-order valence-electron chi connectivity index (χ3n) is 10.5. The molecule has 0 bridgehead atoms. The SMILES string of the molecule is c1ccc(-c2cc3c(cc2-c2ccc4c(c2)c2ccccc2n4-c2ccccc2)c2ccccc2n3-c2ccc3oc4ccccc4c3c2)cc1. The average Bonchev–Trinajstić information content (AvgIpc) is 3.85. The molecular weight excluding hydrogens is 621 g/mol. The number of para-hydroxylation sites is 4. The molecule has 0 aliphatic rings. The van der Waals surface area contributed by atoms with E-state index in [2.05, 4.69) is 179 Å². The Morgan fingerprint density at radius 2 is 0.863 bits per heavy atom. The topological polar surface area (TPSA) is 23.0 Å². The number of hydrogen-bond donors (Lipinski definition) is 0. The second kappa shape index (κ2) is 10.8. The molecule has 0 unspecified atom stereocenters. The van der Waals surface area contributed by atoms with Gasteiger partial charge in [-0.1, -0.05) is 109 Å². The van der Waals surface area contributed by atoms with Crippen molar-refractivity contribution in [2.75, 3.05) is 0 Å². The number of furan rings is 1. The Kier molecular flexibility index (Phi) is 5.96. The highest BCUT2D eigenvalue weighted by Crippen LogP contribution is 2.43. The molecule has 0 aliphatic heterocycles. The molecule has 3 heteroatoms. The Labute approximate surface area is 293 Å². The lowest BCUT2D eigenvalue weighted by molar-refractivity contribution is 0.669. The molecule has 0 atom stereocenters. The zero-order valence-electron chi connectivity index (χ0n) is 27.6. The van der Waals surface area contributed by atoms with E-state index in [0.29, 0.717) is 0 Å². The lowest BCUT2D eigenvalue weighted by Crippen LogP contribution is -1.95. The van der Waals surface area contributed by atoms with Crippen LogP contribution in [0.2, 0.25) is 0 Å². The minimum absolute atomic E-state index is 0.900. The predicted molar refractivity (Wildman–Crippen MR) is 213 cm³/mol. The first-order chi connectivity index (χ1) is 25.3. The standard InChI is InChI=1S/C48H30N2O/c1-3-13-31(14-4-1)39-30-46-41(36-18-8-11-21-44(36)50(46)34-24-26-48-42(28-34)37-19-9-12-22-47(37)51-48)29-38(39)32-23-25-45-40(27-32)35-17-7-10-20-43(35)49(45)33-15-5-2-6-16-33/h1-30H. The smallest absolute Gasteiger partial charge is 0.135 e. The van der Waals surface area contributed by atoms with Crippen LogP contribution < -0.4 is 0 Å². The highest BCUT2D eigenvalue weighted by atomic mass is 16.3. The van der Waals surface area contributed by atoms with Crippen LogP contribution in [-0.2, 0) is 0 Å². The molecule has 0 saturated heterocycles. The Morgan fingerprint density at radius 3 is 1.63 bits per heavy atom. The van der Waals surface area contributed by atoms with Gasteiger partial charge in [0.15, 0.2) is 0 Å². The van der Waals surface area contributed by atoms with E-state index in [1.165, 1.54) is 65.9 Å². The fraction of sp³-hybridized carbons (Fsp3) is 0. The summed E-state index contributed by atoms with van der Waals surface area (Å²) in [7, 11) is 0. The molecule has 3 aromatic heterocycles. The maximum absolute atomic E-state index is 6.21. The summed E-state index contributed by atoms with van der Waals surface area (Å²) in [4.78, 5) is 0. The first-order valence-electron chi connectivity index (χ1n) is 17.4. The quantitative estimate of drug-likeness (QED) is 0.186. The van der Waals surface area contributed by atoms with Gasteiger partial charge < -0.3 is 13.6 Å². The van der Waals surface area contributed by atoms with Crippen LogP contribution in [0.3, 0.4) is 0 Å². The largest absolute Gasteiger partial charge is 0.456 e. The molecule has 11 aromatic rings. The van der Waals surface area contributed by atoms with Crippen molar-refractivity contribution in [3.05, 3.63) is 182 Å². The first kappa shape index (κ1) is 28.0. The van der Waals surface area contributed by atoms with E-state index in [1.807, 2.05) is 12.1 Å². The lowest BCUT2D eigenvalue weighted by atomic mass is 9.92. The molecule has 0 fully saturated rings. The lowest BCUT2D eigenvalue weighted by Gasteiger charge is -2.14. The molecule has 3 nitrogen and oxygen atoms in total. The zero-order chi connectivity index (χ0) is 33.5. The average molecular weight is 651 g/mol. The molecule has 8 aromatic carbocycles. The molecule has 51 heavy (non-hydrogen) atoms. The van der Waals surface area contributed by atoms with Gasteiger partial charge in [0.1, 0.15) is 11.2 Å². The van der Waals surface area contributed by atoms with Crippen molar-refractivity contribution in [3.8, 4) is 33.6 Å². The maximum atomic E-state index is 6.21. The van der Waals surface area contributed by atoms with Gasteiger partial charge in [-0.3, -0.25) is 0 Å². The highest BCUT2D eigenvalue weighted by Gasteiger charge is 2.20. The van der Waals surface area contributed by atoms with Gasteiger partial charge >= 0.3 is 0 Å². The van der Waals surface area contributed by atoms with Crippen molar-refractivity contribution in [1.82, 2.24) is 9.13 Å². The summed E-state index contributed by atoms with van der Waals surface area (Å²) < 4.78 is 11.0. The number of aromatic nitrogens is 2. The summed E-state index contributed by atoms with van der Waals surface area (Å²) in [5, 5.41) is 7.20. The summed E-state index contributed by atoms with van der Waals surface area (Å²) in [6, 6.07) is 65.6. The van der Waals surface area contributed by atoms with Crippen molar-refractivity contribution in [2.45, 2.75) is 0 Å². The van der Waals surface area contributed by atoms with Crippen molar-refractivity contribution >= 4 is 65.6 Å². The van der Waals surface area contributed by atoms with Crippen LogP contribution in [0.15, 0.2) is 186 Å². The van der Waals surface area contributed by atoms with Gasteiger partial charge in [-0.15, -0.1) is 0 Å². The second-order valence-electron chi connectivity index (χ2n) is 13.3. The van der Waals surface area contributed by atoms with Crippen LogP contribution in [0.1, 0.15) is 0 Å². The maximum Gasteiger partial charge on any atom is 0.135 e. The fourth-order valence-electron chi connectivity index (χ4n) is 8.24. The normalized spacial score (nSPS) is 11.9. The van der Waals surface area contributed by atoms with E-state index in [1.54, 1.807) is 0 Å². The molecule has 0 aliphatic carbocycles. The van der Waals surface area contributed by atoms with Gasteiger partial charge in [0.25, 0.3) is 0 Å². The second-order valence-corrected chi connectivity index (χ2v) is 13.3. The van der Waals surface area contributed by atoms with Gasteiger partial charge in [0, 0.05) is 43.7 Å². The molecule has 0 spiro atoms. The van der Waals surface area contributed by atoms with Gasteiger partial charge in [-0.25, -0.2) is 0 Å². The van der Waals surface area contributed by atoms with E-state index < -0.39 is 0 Å². The highest BCUT2D eigenvalue weighted by molar-refractivity contribution is 6.15. The number of benzene rings is 8. The molecule has 0 amide bonds. The predicted octanol–water partition coefficient (Wildman–Crippen LogP) is 13.1. The first-order valence-corrected chi connectivity index (χ1v) is 17.4. The van der Waals surface area contributed by atoms with Crippen LogP contribution >= 0.6 is 0 Å². The fourth-order valence-corrected chi connectivity index (χ4v) is 8.24. The van der Waals surface area contributed by atoms with Crippen LogP contribution in [0.5, 0.6) is 0 Å². The van der Waals surface area contributed by atoms with E-state index >= 15 is 0 Å². The van der Waals surface area contributed by atoms with Crippen molar-refractivity contribution < 1.29 is 4.42 Å². The molecular formula is C48H30N2O. The Morgan fingerprint density at radius 1 is 0.294 bits per heavy atom. The third kappa shape index (κ3) is 4.19. The van der Waals surface area contributed by atoms with Gasteiger partial charge in [-0.2, -0.15) is 0 Å². The van der Waals surface area contributed by atoms with Gasteiger partial charge in [-0.05, 0) is 95.1 Å². The van der Waals surface area contributed by atoms with Crippen molar-refractivity contribution in [1.29, 1.82) is 0 Å². The number of nitrogens with zero attached hydrogens (tertiary/aromatic N) is 2. The summed E-state index contributed by atoms with van der Waals surface area (Å²) in [6.45, 7) is 0. The minimum Gasteiger partial charge on any atom is -0.456 e. The van der Waals surface area contributed by atoms with Crippen LogP contribution in [0.25, 0.3) is 99.2 Å². The van der Waals surface area contributed by atoms with Crippen LogP contribution in [0.4, 0.5) is 0 Å². The monoisotopic (exact) mass is 650 g/mol. The summed E-state index contributed by atoms with van der Waals surface area (Å²) in [5.41, 5.74) is 13.6. The van der Waals surface area contributed by atoms with Gasteiger partial charge in [0.05, 0.1) is 22.1 Å². The number of fused-ring (bicyclic) bond motifs is 9. The molecule has 238 valence electrons. The van der Waals surface area contributed by atoms with Crippen molar-refractivity contribution in [3.63, 3.8) is 0 Å². The molecule has 0 saturated carbocycles. The van der Waals surface area contributed by atoms with E-state index in [0.717, 1.165) is 33.3 Å². The van der Waals surface area contributed by atoms with Crippen LogP contribution in [-0.4, -0.2) is 9.13 Å². The summed E-state index contributed by atoms with van der Waals surface area (Å²) in [6.07, 6.45) is 0. The van der Waals surface area contributed by atoms with Gasteiger partial charge in [0.2, 0.25) is 0 Å². The third-order valence-corrected chi connectivity index (χ3v) is 10.5. The summed E-state index contributed by atoms with van der Waals surface area (Å²) >= 11 is 0. The summed E-state index contributed by atoms with van der Waals surface area (Å²) in [5.74, 6) is 0. The minimum atomic E-state index is 0.900. The number of rotatable bonds is 4. The molecule has 0 radical (unpaired) electrons. The van der Waals surface area contributed by atoms with Crippen LogP contribution in [0, 0.1) is 0 Å². The van der Waals surface area contributed by atoms with E-state index in [4.69, 9.17) is 4.42 Å². The van der Waals surface area contributed by atoms with E-state index in [9.17, 15) is 0 Å². The molecule has 0 N–H and O–H groups in total. The van der Waals surface area contributed by atoms with Crippen molar-refractivity contribution in [2.24, 2.45) is 0 Å². The molecule has 3 heterocycles. The Hall–Kier alpha value is -6.84. The zero-order valence-corrected chi connectivity index (χ0v) is 27.6. The number of hydrogen-bond acceptors (Lipinski definition) is 1.